The van der Waals surface area contributed by atoms with Gasteiger partial charge in [-0.3, -0.25) is 20.0 Å². The van der Waals surface area contributed by atoms with Gasteiger partial charge in [0.2, 0.25) is 0 Å². The maximum Gasteiger partial charge on any atom is 2.00 e. The smallest absolute Gasteiger partial charge is 0.857 e. The second-order valence-corrected chi connectivity index (χ2v) is 15.0. The topological polar surface area (TPSA) is 199 Å². The molecule has 0 aliphatic carbocycles. The Hall–Kier alpha value is -6.57. The van der Waals surface area contributed by atoms with E-state index in [-0.39, 0.29) is 44.7 Å². The quantitative estimate of drug-likeness (QED) is 0.0439. The van der Waals surface area contributed by atoms with Crippen LogP contribution in [-0.4, -0.2) is 100 Å². The van der Waals surface area contributed by atoms with Gasteiger partial charge in [0.15, 0.2) is 0 Å². The molecule has 2 heterocycles. The van der Waals surface area contributed by atoms with Gasteiger partial charge in [-0.05, 0) is 128 Å². The van der Waals surface area contributed by atoms with E-state index in [4.69, 9.17) is 0 Å². The van der Waals surface area contributed by atoms with Crippen LogP contribution in [0.15, 0.2) is 178 Å². The van der Waals surface area contributed by atoms with E-state index in [1.807, 2.05) is 24.3 Å². The Morgan fingerprint density at radius 1 is 0.324 bits per heavy atom. The SMILES string of the molecule is CC[N+](CC)(CC)CC.CC[N+](CC)(CC)CC.O.[Ni+2].[O-]C(=Nc1ccccc1)c1cccc(C([O-])=Nc2ccccc2)n1.[O-]C(=Nc1ccccc1)c1cccc(C([O-])=Nc2ccccc2)n1. The van der Waals surface area contributed by atoms with Gasteiger partial charge in [-0.1, -0.05) is 84.9 Å². The number of rotatable bonds is 16. The molecule has 6 aromatic rings. The van der Waals surface area contributed by atoms with Crippen molar-refractivity contribution in [3.8, 4) is 0 Å². The van der Waals surface area contributed by atoms with Crippen molar-refractivity contribution in [3.63, 3.8) is 0 Å². The van der Waals surface area contributed by atoms with Crippen molar-refractivity contribution < 1.29 is 51.4 Å². The zero-order chi connectivity index (χ0) is 48.2. The molecule has 0 amide bonds. The van der Waals surface area contributed by atoms with Crippen LogP contribution in [0.1, 0.15) is 78.2 Å². The van der Waals surface area contributed by atoms with Crippen LogP contribution in [0.2, 0.25) is 0 Å². The van der Waals surface area contributed by atoms with Crippen molar-refractivity contribution in [2.75, 3.05) is 52.4 Å². The number of pyridine rings is 2. The average Bonchev–Trinajstić information content (AvgIpc) is 3.37. The van der Waals surface area contributed by atoms with Crippen molar-refractivity contribution >= 4 is 46.3 Å². The van der Waals surface area contributed by atoms with Gasteiger partial charge in [0.25, 0.3) is 0 Å². The molecule has 0 spiro atoms. The number of quaternary nitrogens is 2. The third-order valence-corrected chi connectivity index (χ3v) is 11.7. The molecule has 68 heavy (non-hydrogen) atoms. The fourth-order valence-electron chi connectivity index (χ4n) is 6.74. The first kappa shape index (κ1) is 59.4. The van der Waals surface area contributed by atoms with E-state index in [2.05, 4.69) is 85.3 Å². The van der Waals surface area contributed by atoms with Crippen molar-refractivity contribution in [1.29, 1.82) is 0 Å². The molecule has 0 unspecified atom stereocenters. The molecule has 13 nitrogen and oxygen atoms in total. The summed E-state index contributed by atoms with van der Waals surface area (Å²) in [6, 6.07) is 44.7. The van der Waals surface area contributed by atoms with Crippen LogP contribution in [0.4, 0.5) is 22.7 Å². The molecule has 0 saturated carbocycles. The van der Waals surface area contributed by atoms with E-state index >= 15 is 0 Å². The molecule has 0 bridgehead atoms. The molecule has 0 fully saturated rings. The normalized spacial score (nSPS) is 11.8. The molecule has 0 saturated heterocycles. The number of aliphatic imine (C=N–C) groups is 4. The first-order valence-corrected chi connectivity index (χ1v) is 22.8. The zero-order valence-electron chi connectivity index (χ0n) is 40.7. The third-order valence-electron chi connectivity index (χ3n) is 11.7. The number of hydrogen-bond acceptors (Lipinski definition) is 10. The first-order chi connectivity index (χ1) is 31.9. The Morgan fingerprint density at radius 3 is 0.647 bits per heavy atom. The minimum absolute atomic E-state index is 0. The Morgan fingerprint density at radius 2 is 0.500 bits per heavy atom. The predicted octanol–water partition coefficient (Wildman–Crippen LogP) is 6.86. The second-order valence-electron chi connectivity index (χ2n) is 15.0. The molecule has 6 rings (SSSR count). The number of aromatic nitrogens is 2. The number of para-hydroxylation sites is 4. The van der Waals surface area contributed by atoms with Crippen LogP contribution >= 0.6 is 0 Å². The zero-order valence-corrected chi connectivity index (χ0v) is 41.7. The summed E-state index contributed by atoms with van der Waals surface area (Å²) in [6.45, 7) is 28.4. The standard InChI is InChI=1S/2C19H15N3O2.2C8H20N.Ni.H2O/c2*23-18(20-14-8-3-1-4-9-14)16-12-7-13-17(22-16)19(24)21-15-10-5-2-6-11-15;2*1-5-9(6-2,7-3)8-4;;/h2*1-13H,(H,20,23)(H,21,24);2*5-8H2,1-4H3;;1H2/q;;2*+1;+2;/p-4. The molecule has 2 aromatic heterocycles. The Bertz CT molecular complexity index is 2070. The summed E-state index contributed by atoms with van der Waals surface area (Å²) in [4.78, 5) is 24.0. The summed E-state index contributed by atoms with van der Waals surface area (Å²) < 4.78 is 2.56. The summed E-state index contributed by atoms with van der Waals surface area (Å²) in [5.41, 5.74) is 2.57. The number of benzene rings is 4. The predicted molar refractivity (Wildman–Crippen MR) is 267 cm³/mol. The van der Waals surface area contributed by atoms with Crippen molar-refractivity contribution in [3.05, 3.63) is 181 Å². The van der Waals surface area contributed by atoms with Gasteiger partial charge in [0.1, 0.15) is 0 Å². The van der Waals surface area contributed by atoms with Gasteiger partial charge in [-0.15, -0.1) is 0 Å². The molecule has 14 heteroatoms. The van der Waals surface area contributed by atoms with Gasteiger partial charge >= 0.3 is 16.5 Å². The molecule has 2 N–H and O–H groups in total. The Balaban J connectivity index is 0.000000494. The van der Waals surface area contributed by atoms with E-state index in [0.717, 1.165) is 0 Å². The molecule has 4 aromatic carbocycles. The summed E-state index contributed by atoms with van der Waals surface area (Å²) >= 11 is 0. The summed E-state index contributed by atoms with van der Waals surface area (Å²) in [7, 11) is 0. The Labute approximate surface area is 414 Å². The van der Waals surface area contributed by atoms with Crippen molar-refractivity contribution in [2.45, 2.75) is 55.4 Å². The van der Waals surface area contributed by atoms with Gasteiger partial charge in [0.05, 0.1) is 97.9 Å². The summed E-state index contributed by atoms with van der Waals surface area (Å²) in [6.07, 6.45) is 0. The van der Waals surface area contributed by atoms with Gasteiger partial charge < -0.3 is 34.9 Å². The van der Waals surface area contributed by atoms with Crippen molar-refractivity contribution in [2.24, 2.45) is 20.0 Å². The maximum absolute atomic E-state index is 12.2. The molecule has 0 aliphatic rings. The number of nitrogens with zero attached hydrogens (tertiary/aromatic N) is 8. The van der Waals surface area contributed by atoms with Gasteiger partial charge in [-0.25, -0.2) is 9.97 Å². The Kier molecular flexibility index (Phi) is 28.1. The van der Waals surface area contributed by atoms with Crippen LogP contribution in [0.25, 0.3) is 0 Å². The van der Waals surface area contributed by atoms with E-state index in [0.29, 0.717) is 22.7 Å². The minimum atomic E-state index is -0.504. The summed E-state index contributed by atoms with van der Waals surface area (Å²) in [5.74, 6) is -2.02. The largest absolute Gasteiger partial charge is 2.00 e. The fourth-order valence-corrected chi connectivity index (χ4v) is 6.74. The third kappa shape index (κ3) is 19.7. The monoisotopic (exact) mass is 966 g/mol. The van der Waals surface area contributed by atoms with Crippen LogP contribution in [0.3, 0.4) is 0 Å². The minimum Gasteiger partial charge on any atom is -0.857 e. The van der Waals surface area contributed by atoms with E-state index in [1.165, 1.54) is 85.6 Å². The van der Waals surface area contributed by atoms with Crippen LogP contribution in [-0.2, 0) is 16.5 Å². The molecular weight excluding hydrogens is 899 g/mol. The maximum atomic E-state index is 12.2. The van der Waals surface area contributed by atoms with Gasteiger partial charge in [-0.2, -0.15) is 0 Å². The van der Waals surface area contributed by atoms with Crippen LogP contribution < -0.4 is 20.4 Å². The van der Waals surface area contributed by atoms with Crippen molar-refractivity contribution in [1.82, 2.24) is 9.97 Å². The van der Waals surface area contributed by atoms with E-state index in [1.54, 1.807) is 109 Å². The second kappa shape index (κ2) is 32.2. The molecule has 364 valence electrons. The molecule has 0 radical (unpaired) electrons. The average molecular weight is 968 g/mol. The number of hydrogen-bond donors (Lipinski definition) is 0. The summed E-state index contributed by atoms with van der Waals surface area (Å²) in [5, 5.41) is 48.7. The van der Waals surface area contributed by atoms with Crippen LogP contribution in [0.5, 0.6) is 0 Å². The fraction of sp³-hybridized carbons (Fsp3) is 0.296. The molecule has 0 aliphatic heterocycles. The van der Waals surface area contributed by atoms with Gasteiger partial charge in [0, 0.05) is 23.6 Å². The molecule has 0 atom stereocenters. The first-order valence-electron chi connectivity index (χ1n) is 22.8. The van der Waals surface area contributed by atoms with Crippen LogP contribution in [0, 0.1) is 0 Å². The van der Waals surface area contributed by atoms with E-state index < -0.39 is 23.6 Å². The van der Waals surface area contributed by atoms with E-state index in [9.17, 15) is 20.4 Å². The molecular formula is C54H68N8NiO5.